The molecular formula is C12H13F3N2O. The van der Waals surface area contributed by atoms with Crippen molar-refractivity contribution in [3.05, 3.63) is 29.6 Å². The number of amides is 1. The molecule has 0 radical (unpaired) electrons. The smallest absolute Gasteiger partial charge is 0.229 e. The lowest BCUT2D eigenvalue weighted by Gasteiger charge is -2.14. The molecule has 18 heavy (non-hydrogen) atoms. The SMILES string of the molecule is C[C@@H]1CNC[C@H]1C(=O)Nc1cc(F)cc(F)c1F. The summed E-state index contributed by atoms with van der Waals surface area (Å²) in [7, 11) is 0. The third-order valence-corrected chi connectivity index (χ3v) is 3.11. The van der Waals surface area contributed by atoms with Gasteiger partial charge in [-0.3, -0.25) is 4.79 Å². The first-order valence-electron chi connectivity index (χ1n) is 5.65. The first kappa shape index (κ1) is 12.9. The van der Waals surface area contributed by atoms with Crippen molar-refractivity contribution >= 4 is 11.6 Å². The Kier molecular flexibility index (Phi) is 3.56. The van der Waals surface area contributed by atoms with Gasteiger partial charge in [0.25, 0.3) is 0 Å². The van der Waals surface area contributed by atoms with Gasteiger partial charge in [-0.15, -0.1) is 0 Å². The van der Waals surface area contributed by atoms with Crippen LogP contribution in [0.1, 0.15) is 6.92 Å². The van der Waals surface area contributed by atoms with Crippen molar-refractivity contribution < 1.29 is 18.0 Å². The minimum Gasteiger partial charge on any atom is -0.323 e. The predicted octanol–water partition coefficient (Wildman–Crippen LogP) is 1.90. The first-order valence-corrected chi connectivity index (χ1v) is 5.65. The van der Waals surface area contributed by atoms with Gasteiger partial charge in [0.2, 0.25) is 5.91 Å². The van der Waals surface area contributed by atoms with Crippen LogP contribution in [-0.2, 0) is 4.79 Å². The summed E-state index contributed by atoms with van der Waals surface area (Å²) in [5.41, 5.74) is -0.461. The van der Waals surface area contributed by atoms with Gasteiger partial charge < -0.3 is 10.6 Å². The molecule has 1 heterocycles. The molecule has 0 saturated carbocycles. The van der Waals surface area contributed by atoms with E-state index in [-0.39, 0.29) is 11.8 Å². The Bertz CT molecular complexity index is 479. The van der Waals surface area contributed by atoms with Crippen LogP contribution in [0, 0.1) is 29.3 Å². The Morgan fingerprint density at radius 3 is 2.67 bits per heavy atom. The van der Waals surface area contributed by atoms with Crippen LogP contribution in [0.5, 0.6) is 0 Å². The summed E-state index contributed by atoms with van der Waals surface area (Å²) in [5.74, 6) is -4.15. The van der Waals surface area contributed by atoms with Crippen LogP contribution >= 0.6 is 0 Å². The zero-order chi connectivity index (χ0) is 13.3. The minimum atomic E-state index is -1.32. The maximum absolute atomic E-state index is 13.4. The summed E-state index contributed by atoms with van der Waals surface area (Å²) < 4.78 is 39.3. The van der Waals surface area contributed by atoms with E-state index in [4.69, 9.17) is 0 Å². The van der Waals surface area contributed by atoms with Crippen LogP contribution in [-0.4, -0.2) is 19.0 Å². The molecule has 0 unspecified atom stereocenters. The van der Waals surface area contributed by atoms with Gasteiger partial charge in [-0.25, -0.2) is 13.2 Å². The second kappa shape index (κ2) is 4.97. The molecule has 0 spiro atoms. The van der Waals surface area contributed by atoms with Gasteiger partial charge in [-0.1, -0.05) is 6.92 Å². The molecule has 1 aliphatic heterocycles. The second-order valence-electron chi connectivity index (χ2n) is 4.48. The zero-order valence-electron chi connectivity index (χ0n) is 9.77. The molecular weight excluding hydrogens is 245 g/mol. The fourth-order valence-corrected chi connectivity index (χ4v) is 2.03. The van der Waals surface area contributed by atoms with Crippen LogP contribution in [0.4, 0.5) is 18.9 Å². The van der Waals surface area contributed by atoms with E-state index >= 15 is 0 Å². The molecule has 98 valence electrons. The van der Waals surface area contributed by atoms with E-state index in [2.05, 4.69) is 10.6 Å². The van der Waals surface area contributed by atoms with Gasteiger partial charge >= 0.3 is 0 Å². The van der Waals surface area contributed by atoms with Crippen LogP contribution in [0.3, 0.4) is 0 Å². The standard InChI is InChI=1S/C12H13F3N2O/c1-6-4-16-5-8(6)12(18)17-10-3-7(13)2-9(14)11(10)15/h2-3,6,8,16H,4-5H2,1H3,(H,17,18)/t6-,8-/m1/s1. The summed E-state index contributed by atoms with van der Waals surface area (Å²) in [6.07, 6.45) is 0. The Morgan fingerprint density at radius 1 is 1.33 bits per heavy atom. The van der Waals surface area contributed by atoms with Crippen molar-refractivity contribution in [1.29, 1.82) is 0 Å². The number of carbonyl (C=O) groups excluding carboxylic acids is 1. The van der Waals surface area contributed by atoms with Gasteiger partial charge in [0.15, 0.2) is 11.6 Å². The molecule has 3 nitrogen and oxygen atoms in total. The molecule has 0 aliphatic carbocycles. The van der Waals surface area contributed by atoms with Crippen LogP contribution in [0.15, 0.2) is 12.1 Å². The molecule has 1 saturated heterocycles. The lowest BCUT2D eigenvalue weighted by atomic mass is 9.97. The number of hydrogen-bond acceptors (Lipinski definition) is 2. The molecule has 1 aromatic rings. The molecule has 1 aromatic carbocycles. The largest absolute Gasteiger partial charge is 0.323 e. The van der Waals surface area contributed by atoms with Gasteiger partial charge in [-0.05, 0) is 12.5 Å². The van der Waals surface area contributed by atoms with Crippen molar-refractivity contribution in [1.82, 2.24) is 5.32 Å². The highest BCUT2D eigenvalue weighted by Crippen LogP contribution is 2.22. The topological polar surface area (TPSA) is 41.1 Å². The van der Waals surface area contributed by atoms with Crippen LogP contribution in [0.2, 0.25) is 0 Å². The van der Waals surface area contributed by atoms with Gasteiger partial charge in [0.1, 0.15) is 5.82 Å². The van der Waals surface area contributed by atoms with Gasteiger partial charge in [0.05, 0.1) is 11.6 Å². The van der Waals surface area contributed by atoms with E-state index in [9.17, 15) is 18.0 Å². The lowest BCUT2D eigenvalue weighted by molar-refractivity contribution is -0.120. The minimum absolute atomic E-state index is 0.103. The molecule has 2 rings (SSSR count). The number of carbonyl (C=O) groups is 1. The maximum Gasteiger partial charge on any atom is 0.229 e. The molecule has 2 atom stereocenters. The maximum atomic E-state index is 13.4. The van der Waals surface area contributed by atoms with Crippen LogP contribution < -0.4 is 10.6 Å². The molecule has 0 aromatic heterocycles. The first-order chi connectivity index (χ1) is 8.49. The van der Waals surface area contributed by atoms with Crippen LogP contribution in [0.25, 0.3) is 0 Å². The molecule has 1 fully saturated rings. The Hall–Kier alpha value is -1.56. The number of rotatable bonds is 2. The van der Waals surface area contributed by atoms with Crippen molar-refractivity contribution in [3.8, 4) is 0 Å². The van der Waals surface area contributed by atoms with E-state index in [1.165, 1.54) is 0 Å². The quantitative estimate of drug-likeness (QED) is 0.795. The van der Waals surface area contributed by atoms with Crippen molar-refractivity contribution in [2.24, 2.45) is 11.8 Å². The zero-order valence-corrected chi connectivity index (χ0v) is 9.77. The summed E-state index contributed by atoms with van der Waals surface area (Å²) in [6, 6.07) is 1.20. The fourth-order valence-electron chi connectivity index (χ4n) is 2.03. The van der Waals surface area contributed by atoms with E-state index in [1.807, 2.05) is 6.92 Å². The Balaban J connectivity index is 2.16. The van der Waals surface area contributed by atoms with Crippen molar-refractivity contribution in [2.45, 2.75) is 6.92 Å². The van der Waals surface area contributed by atoms with E-state index in [0.717, 1.165) is 6.07 Å². The third-order valence-electron chi connectivity index (χ3n) is 3.11. The Morgan fingerprint density at radius 2 is 2.06 bits per heavy atom. The van der Waals surface area contributed by atoms with E-state index < -0.39 is 29.0 Å². The average molecular weight is 258 g/mol. The van der Waals surface area contributed by atoms with Gasteiger partial charge in [-0.2, -0.15) is 0 Å². The average Bonchev–Trinajstić information content (AvgIpc) is 2.71. The number of benzene rings is 1. The fraction of sp³-hybridized carbons (Fsp3) is 0.417. The van der Waals surface area contributed by atoms with E-state index in [1.54, 1.807) is 0 Å². The molecule has 1 amide bonds. The summed E-state index contributed by atoms with van der Waals surface area (Å²) in [6.45, 7) is 3.05. The van der Waals surface area contributed by atoms with E-state index in [0.29, 0.717) is 19.2 Å². The number of anilines is 1. The summed E-state index contributed by atoms with van der Waals surface area (Å²) in [4.78, 5) is 11.8. The van der Waals surface area contributed by atoms with Gasteiger partial charge in [0, 0.05) is 18.7 Å². The highest BCUT2D eigenvalue weighted by molar-refractivity contribution is 5.93. The molecule has 1 aliphatic rings. The predicted molar refractivity (Wildman–Crippen MR) is 60.5 cm³/mol. The highest BCUT2D eigenvalue weighted by atomic mass is 19.2. The third kappa shape index (κ3) is 2.48. The van der Waals surface area contributed by atoms with Crippen molar-refractivity contribution in [2.75, 3.05) is 18.4 Å². The summed E-state index contributed by atoms with van der Waals surface area (Å²) >= 11 is 0. The number of hydrogen-bond donors (Lipinski definition) is 2. The molecule has 0 bridgehead atoms. The Labute approximate surface area is 102 Å². The lowest BCUT2D eigenvalue weighted by Crippen LogP contribution is -2.28. The highest BCUT2D eigenvalue weighted by Gasteiger charge is 2.30. The van der Waals surface area contributed by atoms with Crippen molar-refractivity contribution in [3.63, 3.8) is 0 Å². The number of halogens is 3. The normalized spacial score (nSPS) is 23.1. The molecule has 6 heteroatoms. The monoisotopic (exact) mass is 258 g/mol. The number of nitrogens with one attached hydrogen (secondary N) is 2. The molecule has 2 N–H and O–H groups in total. The summed E-state index contributed by atoms with van der Waals surface area (Å²) in [5, 5.41) is 5.25. The second-order valence-corrected chi connectivity index (χ2v) is 4.48.